The molecule has 0 aromatic heterocycles. The Morgan fingerprint density at radius 2 is 1.58 bits per heavy atom. The van der Waals surface area contributed by atoms with Gasteiger partial charge in [0.1, 0.15) is 5.75 Å². The fourth-order valence-electron chi connectivity index (χ4n) is 2.82. The highest BCUT2D eigenvalue weighted by Gasteiger charge is 2.26. The van der Waals surface area contributed by atoms with Crippen LogP contribution in [0.2, 0.25) is 0 Å². The number of amides is 1. The monoisotopic (exact) mass is 437 g/mol. The number of hydrogen-bond donors (Lipinski definition) is 1. The number of sulfonamides is 1. The Labute approximate surface area is 182 Å². The molecule has 31 heavy (non-hydrogen) atoms. The molecule has 3 aromatic carbocycles. The lowest BCUT2D eigenvalue weighted by atomic mass is 10.2. The molecular weight excluding hydrogens is 414 g/mol. The molecule has 0 saturated carbocycles. The summed E-state index contributed by atoms with van der Waals surface area (Å²) >= 11 is 0. The van der Waals surface area contributed by atoms with E-state index in [1.165, 1.54) is 18.3 Å². The maximum Gasteiger partial charge on any atom is 0.255 e. The van der Waals surface area contributed by atoms with Crippen LogP contribution < -0.4 is 10.2 Å². The van der Waals surface area contributed by atoms with Gasteiger partial charge in [0, 0.05) is 6.54 Å². The van der Waals surface area contributed by atoms with E-state index < -0.39 is 15.9 Å². The van der Waals surface area contributed by atoms with Crippen LogP contribution in [0.25, 0.3) is 0 Å². The SMILES string of the molecule is COc1ccc(/C=N\NC(=O)CN(Cc2ccccc2)S(=O)(=O)c2ccccc2)cc1. The molecule has 0 atom stereocenters. The molecule has 160 valence electrons. The van der Waals surface area contributed by atoms with Gasteiger partial charge in [-0.1, -0.05) is 48.5 Å². The summed E-state index contributed by atoms with van der Waals surface area (Å²) in [6.45, 7) is -0.306. The zero-order valence-electron chi connectivity index (χ0n) is 17.0. The molecule has 0 aliphatic heterocycles. The topological polar surface area (TPSA) is 88.1 Å². The second kappa shape index (κ2) is 10.5. The van der Waals surface area contributed by atoms with Crippen LogP contribution in [-0.2, 0) is 21.4 Å². The van der Waals surface area contributed by atoms with E-state index in [2.05, 4.69) is 10.5 Å². The molecule has 1 amide bonds. The molecule has 8 heteroatoms. The number of carbonyl (C=O) groups is 1. The Morgan fingerprint density at radius 3 is 2.19 bits per heavy atom. The average Bonchev–Trinajstić information content (AvgIpc) is 2.80. The van der Waals surface area contributed by atoms with Crippen molar-refractivity contribution in [3.05, 3.63) is 96.1 Å². The normalized spacial score (nSPS) is 11.5. The van der Waals surface area contributed by atoms with Crippen LogP contribution in [0.1, 0.15) is 11.1 Å². The molecule has 0 aliphatic rings. The Morgan fingerprint density at radius 1 is 0.968 bits per heavy atom. The summed E-state index contributed by atoms with van der Waals surface area (Å²) in [5.74, 6) is 0.170. The second-order valence-electron chi connectivity index (χ2n) is 6.64. The molecule has 0 aliphatic carbocycles. The van der Waals surface area contributed by atoms with Crippen LogP contribution in [0.3, 0.4) is 0 Å². The third kappa shape index (κ3) is 6.24. The molecule has 1 N–H and O–H groups in total. The Hall–Kier alpha value is -3.49. The van der Waals surface area contributed by atoms with Crippen LogP contribution in [0, 0.1) is 0 Å². The Balaban J connectivity index is 1.72. The van der Waals surface area contributed by atoms with Crippen LogP contribution in [0.4, 0.5) is 0 Å². The molecule has 0 bridgehead atoms. The Bertz CT molecular complexity index is 1120. The van der Waals surface area contributed by atoms with Crippen molar-refractivity contribution >= 4 is 22.1 Å². The van der Waals surface area contributed by atoms with Gasteiger partial charge in [-0.2, -0.15) is 9.41 Å². The zero-order valence-corrected chi connectivity index (χ0v) is 17.8. The smallest absolute Gasteiger partial charge is 0.255 e. The standard InChI is InChI=1S/C23H23N3O4S/c1-30-21-14-12-19(13-15-21)16-24-25-23(27)18-26(17-20-8-4-2-5-9-20)31(28,29)22-10-6-3-7-11-22/h2-16H,17-18H2,1H3,(H,25,27)/b24-16-. The van der Waals surface area contributed by atoms with Crippen molar-refractivity contribution in [1.82, 2.24) is 9.73 Å². The van der Waals surface area contributed by atoms with Crippen LogP contribution >= 0.6 is 0 Å². The summed E-state index contributed by atoms with van der Waals surface area (Å²) in [5.41, 5.74) is 3.93. The fraction of sp³-hybridized carbons (Fsp3) is 0.130. The van der Waals surface area contributed by atoms with Crippen molar-refractivity contribution in [3.63, 3.8) is 0 Å². The first kappa shape index (κ1) is 22.2. The average molecular weight is 438 g/mol. The lowest BCUT2D eigenvalue weighted by Crippen LogP contribution is -2.39. The maximum absolute atomic E-state index is 13.1. The van der Waals surface area contributed by atoms with E-state index in [-0.39, 0.29) is 18.0 Å². The number of hydrogen-bond acceptors (Lipinski definition) is 5. The minimum atomic E-state index is -3.87. The van der Waals surface area contributed by atoms with E-state index in [1.807, 2.05) is 30.3 Å². The molecular formula is C23H23N3O4S. The number of hydrazone groups is 1. The largest absolute Gasteiger partial charge is 0.497 e. The second-order valence-corrected chi connectivity index (χ2v) is 8.58. The van der Waals surface area contributed by atoms with Gasteiger partial charge in [-0.05, 0) is 47.5 Å². The minimum absolute atomic E-state index is 0.0632. The van der Waals surface area contributed by atoms with Gasteiger partial charge in [0.25, 0.3) is 5.91 Å². The molecule has 0 radical (unpaired) electrons. The molecule has 3 aromatic rings. The highest BCUT2D eigenvalue weighted by Crippen LogP contribution is 2.18. The first-order chi connectivity index (χ1) is 15.0. The summed E-state index contributed by atoms with van der Waals surface area (Å²) in [7, 11) is -2.30. The summed E-state index contributed by atoms with van der Waals surface area (Å²) in [4.78, 5) is 12.6. The lowest BCUT2D eigenvalue weighted by Gasteiger charge is -2.21. The van der Waals surface area contributed by atoms with Gasteiger partial charge in [0.2, 0.25) is 10.0 Å². The molecule has 0 fully saturated rings. The van der Waals surface area contributed by atoms with Crippen LogP contribution in [0.15, 0.2) is 94.9 Å². The predicted octanol–water partition coefficient (Wildman–Crippen LogP) is 3.04. The summed E-state index contributed by atoms with van der Waals surface area (Å²) < 4.78 is 32.5. The predicted molar refractivity (Wildman–Crippen MR) is 119 cm³/mol. The van der Waals surface area contributed by atoms with Crippen molar-refractivity contribution in [3.8, 4) is 5.75 Å². The van der Waals surface area contributed by atoms with Gasteiger partial charge in [-0.15, -0.1) is 0 Å². The number of methoxy groups -OCH3 is 1. The number of nitrogens with one attached hydrogen (secondary N) is 1. The van der Waals surface area contributed by atoms with Gasteiger partial charge in [0.15, 0.2) is 0 Å². The molecule has 0 saturated heterocycles. The third-order valence-corrected chi connectivity index (χ3v) is 6.23. The Kier molecular flexibility index (Phi) is 7.53. The first-order valence-corrected chi connectivity index (χ1v) is 11.0. The van der Waals surface area contributed by atoms with E-state index in [0.29, 0.717) is 5.75 Å². The summed E-state index contributed by atoms with van der Waals surface area (Å²) in [6.07, 6.45) is 1.48. The molecule has 0 heterocycles. The molecule has 0 unspecified atom stereocenters. The van der Waals surface area contributed by atoms with Gasteiger partial charge in [-0.3, -0.25) is 4.79 Å². The maximum atomic E-state index is 13.1. The van der Waals surface area contributed by atoms with Crippen molar-refractivity contribution < 1.29 is 17.9 Å². The number of rotatable bonds is 9. The lowest BCUT2D eigenvalue weighted by molar-refractivity contribution is -0.121. The first-order valence-electron chi connectivity index (χ1n) is 9.54. The summed E-state index contributed by atoms with van der Waals surface area (Å²) in [5, 5.41) is 3.93. The van der Waals surface area contributed by atoms with E-state index in [0.717, 1.165) is 15.4 Å². The quantitative estimate of drug-likeness (QED) is 0.412. The van der Waals surface area contributed by atoms with E-state index >= 15 is 0 Å². The number of ether oxygens (including phenoxy) is 1. The third-order valence-electron chi connectivity index (χ3n) is 4.42. The van der Waals surface area contributed by atoms with Crippen LogP contribution in [-0.4, -0.2) is 38.5 Å². The van der Waals surface area contributed by atoms with E-state index in [4.69, 9.17) is 4.74 Å². The highest BCUT2D eigenvalue weighted by atomic mass is 32.2. The van der Waals surface area contributed by atoms with Crippen molar-refractivity contribution in [1.29, 1.82) is 0 Å². The fourth-order valence-corrected chi connectivity index (χ4v) is 4.22. The van der Waals surface area contributed by atoms with Crippen molar-refractivity contribution in [2.45, 2.75) is 11.4 Å². The number of benzene rings is 3. The minimum Gasteiger partial charge on any atom is -0.497 e. The number of nitrogens with zero attached hydrogens (tertiary/aromatic N) is 2. The van der Waals surface area contributed by atoms with Gasteiger partial charge in [0.05, 0.1) is 24.8 Å². The highest BCUT2D eigenvalue weighted by molar-refractivity contribution is 7.89. The zero-order chi connectivity index (χ0) is 22.1. The van der Waals surface area contributed by atoms with Crippen LogP contribution in [0.5, 0.6) is 5.75 Å². The van der Waals surface area contributed by atoms with Crippen molar-refractivity contribution in [2.24, 2.45) is 5.10 Å². The van der Waals surface area contributed by atoms with Gasteiger partial charge in [-0.25, -0.2) is 13.8 Å². The summed E-state index contributed by atoms with van der Waals surface area (Å²) in [6, 6.07) is 24.3. The van der Waals surface area contributed by atoms with E-state index in [1.54, 1.807) is 49.6 Å². The van der Waals surface area contributed by atoms with E-state index in [9.17, 15) is 13.2 Å². The van der Waals surface area contributed by atoms with Crippen molar-refractivity contribution in [2.75, 3.05) is 13.7 Å². The molecule has 3 rings (SSSR count). The van der Waals surface area contributed by atoms with Gasteiger partial charge >= 0.3 is 0 Å². The van der Waals surface area contributed by atoms with Gasteiger partial charge < -0.3 is 4.74 Å². The molecule has 0 spiro atoms. The molecule has 7 nitrogen and oxygen atoms in total. The number of carbonyl (C=O) groups excluding carboxylic acids is 1.